The molecule has 0 fully saturated rings. The van der Waals surface area contributed by atoms with Gasteiger partial charge in [-0.1, -0.05) is 0 Å². The molecule has 0 saturated heterocycles. The molecule has 0 radical (unpaired) electrons. The van der Waals surface area contributed by atoms with Gasteiger partial charge in [0.15, 0.2) is 0 Å². The van der Waals surface area contributed by atoms with E-state index in [0.29, 0.717) is 16.3 Å². The molecule has 0 atom stereocenters. The summed E-state index contributed by atoms with van der Waals surface area (Å²) in [5, 5.41) is 6.06. The van der Waals surface area contributed by atoms with Crippen molar-refractivity contribution < 1.29 is 9.59 Å². The summed E-state index contributed by atoms with van der Waals surface area (Å²) >= 11 is 1.18. The fourth-order valence-corrected chi connectivity index (χ4v) is 1.83. The van der Waals surface area contributed by atoms with Gasteiger partial charge in [0.25, 0.3) is 5.91 Å². The summed E-state index contributed by atoms with van der Waals surface area (Å²) in [4.78, 5) is 21.8. The van der Waals surface area contributed by atoms with Crippen LogP contribution in [0.4, 0.5) is 5.00 Å². The topological polar surface area (TPSA) is 71.1 Å². The minimum absolute atomic E-state index is 0.168. The molecule has 0 bridgehead atoms. The van der Waals surface area contributed by atoms with E-state index in [1.165, 1.54) is 11.5 Å². The number of aromatic nitrogens is 1. The first-order chi connectivity index (χ1) is 6.74. The van der Waals surface area contributed by atoms with Gasteiger partial charge < -0.3 is 15.4 Å². The highest BCUT2D eigenvalue weighted by Crippen LogP contribution is 2.24. The number of carbonyl (C=O) groups is 2. The number of hydrogen-bond acceptors (Lipinski definition) is 5. The van der Waals surface area contributed by atoms with Gasteiger partial charge in [0.2, 0.25) is 0 Å². The molecule has 5 nitrogen and oxygen atoms in total. The van der Waals surface area contributed by atoms with Gasteiger partial charge in [-0.05, 0) is 11.5 Å². The fourth-order valence-electron chi connectivity index (χ4n) is 1.07. The van der Waals surface area contributed by atoms with Crippen molar-refractivity contribution in [3.8, 4) is 0 Å². The van der Waals surface area contributed by atoms with Crippen LogP contribution in [0.15, 0.2) is 0 Å². The van der Waals surface area contributed by atoms with Crippen molar-refractivity contribution >= 4 is 28.7 Å². The molecule has 0 aromatic carbocycles. The molecule has 2 N–H and O–H groups in total. The van der Waals surface area contributed by atoms with E-state index in [1.807, 2.05) is 0 Å². The van der Waals surface area contributed by atoms with Gasteiger partial charge in [0.05, 0.1) is 11.3 Å². The average molecular weight is 213 g/mol. The Labute approximate surface area is 85.7 Å². The summed E-state index contributed by atoms with van der Waals surface area (Å²) in [5.74, 6) is -0.222. The average Bonchev–Trinajstić information content (AvgIpc) is 2.60. The van der Waals surface area contributed by atoms with E-state index in [-0.39, 0.29) is 12.3 Å². The second-order valence-electron chi connectivity index (χ2n) is 2.53. The van der Waals surface area contributed by atoms with Crippen molar-refractivity contribution in [2.24, 2.45) is 0 Å². The highest BCUT2D eigenvalue weighted by Gasteiger charge is 2.18. The van der Waals surface area contributed by atoms with Gasteiger partial charge >= 0.3 is 0 Å². The monoisotopic (exact) mass is 213 g/mol. The molecule has 0 unspecified atom stereocenters. The minimum Gasteiger partial charge on any atom is -0.378 e. The van der Waals surface area contributed by atoms with E-state index in [0.717, 1.165) is 6.29 Å². The van der Waals surface area contributed by atoms with Crippen molar-refractivity contribution in [1.29, 1.82) is 0 Å². The van der Waals surface area contributed by atoms with Gasteiger partial charge in [-0.25, -0.2) is 0 Å². The molecule has 1 aromatic heterocycles. The maximum atomic E-state index is 11.4. The normalized spacial score (nSPS) is 9.57. The standard InChI is InChI=1S/C8H11N3O2S/c1-9-7(13)6-5(3-4-12)11-14-8(6)10-2/h4,10H,3H2,1-2H3,(H,9,13). The van der Waals surface area contributed by atoms with Gasteiger partial charge in [-0.15, -0.1) is 0 Å². The first-order valence-corrected chi connectivity index (χ1v) is 4.84. The molecule has 1 rings (SSSR count). The zero-order chi connectivity index (χ0) is 10.6. The summed E-state index contributed by atoms with van der Waals surface area (Å²) in [6.07, 6.45) is 0.905. The SMILES string of the molecule is CNC(=O)c1c(CC=O)nsc1NC. The van der Waals surface area contributed by atoms with Crippen LogP contribution in [0, 0.1) is 0 Å². The molecule has 76 valence electrons. The first kappa shape index (κ1) is 10.6. The van der Waals surface area contributed by atoms with Crippen molar-refractivity contribution in [3.63, 3.8) is 0 Å². The van der Waals surface area contributed by atoms with Crippen LogP contribution < -0.4 is 10.6 Å². The summed E-state index contributed by atoms with van der Waals surface area (Å²) in [5.41, 5.74) is 0.987. The molecule has 1 heterocycles. The van der Waals surface area contributed by atoms with E-state index in [9.17, 15) is 9.59 Å². The fraction of sp³-hybridized carbons (Fsp3) is 0.375. The van der Waals surface area contributed by atoms with Crippen LogP contribution >= 0.6 is 11.5 Å². The van der Waals surface area contributed by atoms with Crippen molar-refractivity contribution in [2.45, 2.75) is 6.42 Å². The highest BCUT2D eigenvalue weighted by molar-refractivity contribution is 7.10. The Bertz CT molecular complexity index is 348. The van der Waals surface area contributed by atoms with Crippen LogP contribution in [0.3, 0.4) is 0 Å². The molecule has 0 spiro atoms. The largest absolute Gasteiger partial charge is 0.378 e. The van der Waals surface area contributed by atoms with E-state index in [2.05, 4.69) is 15.0 Å². The predicted molar refractivity (Wildman–Crippen MR) is 54.8 cm³/mol. The molecular weight excluding hydrogens is 202 g/mol. The maximum absolute atomic E-state index is 11.4. The third kappa shape index (κ3) is 1.90. The number of carbonyl (C=O) groups excluding carboxylic acids is 2. The molecular formula is C8H11N3O2S. The molecule has 0 aliphatic rings. The lowest BCUT2D eigenvalue weighted by Gasteiger charge is -2.01. The number of anilines is 1. The number of hydrogen-bond donors (Lipinski definition) is 2. The molecule has 0 aliphatic carbocycles. The van der Waals surface area contributed by atoms with Gasteiger partial charge in [-0.3, -0.25) is 4.79 Å². The van der Waals surface area contributed by atoms with Crippen molar-refractivity contribution in [1.82, 2.24) is 9.69 Å². The zero-order valence-electron chi connectivity index (χ0n) is 7.96. The second-order valence-corrected chi connectivity index (χ2v) is 3.31. The van der Waals surface area contributed by atoms with Gasteiger partial charge in [0, 0.05) is 20.5 Å². The number of amides is 1. The second kappa shape index (κ2) is 4.71. The van der Waals surface area contributed by atoms with E-state index >= 15 is 0 Å². The Balaban J connectivity index is 3.11. The predicted octanol–water partition coefficient (Wildman–Crippen LogP) is 0.286. The number of nitrogens with one attached hydrogen (secondary N) is 2. The third-order valence-electron chi connectivity index (χ3n) is 1.72. The van der Waals surface area contributed by atoms with Crippen LogP contribution in [-0.2, 0) is 11.2 Å². The van der Waals surface area contributed by atoms with Crippen molar-refractivity contribution in [3.05, 3.63) is 11.3 Å². The lowest BCUT2D eigenvalue weighted by molar-refractivity contribution is -0.107. The molecule has 1 amide bonds. The summed E-state index contributed by atoms with van der Waals surface area (Å²) in [6.45, 7) is 0. The van der Waals surface area contributed by atoms with E-state index in [1.54, 1.807) is 14.1 Å². The summed E-state index contributed by atoms with van der Waals surface area (Å²) < 4.78 is 4.03. The number of aldehydes is 1. The lowest BCUT2D eigenvalue weighted by Crippen LogP contribution is -2.20. The maximum Gasteiger partial charge on any atom is 0.255 e. The first-order valence-electron chi connectivity index (χ1n) is 4.06. The molecule has 6 heteroatoms. The van der Waals surface area contributed by atoms with Crippen LogP contribution in [-0.4, -0.2) is 30.7 Å². The summed E-state index contributed by atoms with van der Waals surface area (Å²) in [7, 11) is 3.26. The smallest absolute Gasteiger partial charge is 0.255 e. The molecule has 0 aliphatic heterocycles. The van der Waals surface area contributed by atoms with Crippen LogP contribution in [0.5, 0.6) is 0 Å². The Hall–Kier alpha value is -1.43. The lowest BCUT2D eigenvalue weighted by atomic mass is 10.2. The number of nitrogens with zero attached hydrogens (tertiary/aromatic N) is 1. The third-order valence-corrected chi connectivity index (χ3v) is 2.62. The van der Waals surface area contributed by atoms with Gasteiger partial charge in [-0.2, -0.15) is 4.37 Å². The number of rotatable bonds is 4. The van der Waals surface area contributed by atoms with E-state index < -0.39 is 0 Å². The van der Waals surface area contributed by atoms with Crippen LogP contribution in [0.1, 0.15) is 16.1 Å². The zero-order valence-corrected chi connectivity index (χ0v) is 8.77. The Morgan fingerprint density at radius 1 is 1.57 bits per heavy atom. The minimum atomic E-state index is -0.222. The van der Waals surface area contributed by atoms with E-state index in [4.69, 9.17) is 0 Å². The highest BCUT2D eigenvalue weighted by atomic mass is 32.1. The Morgan fingerprint density at radius 2 is 2.29 bits per heavy atom. The molecule has 0 saturated carbocycles. The molecule has 14 heavy (non-hydrogen) atoms. The van der Waals surface area contributed by atoms with Crippen LogP contribution in [0.25, 0.3) is 0 Å². The van der Waals surface area contributed by atoms with Gasteiger partial charge in [0.1, 0.15) is 11.3 Å². The summed E-state index contributed by atoms with van der Waals surface area (Å²) in [6, 6.07) is 0. The Morgan fingerprint density at radius 3 is 2.79 bits per heavy atom. The quantitative estimate of drug-likeness (QED) is 0.705. The van der Waals surface area contributed by atoms with Crippen molar-refractivity contribution in [2.75, 3.05) is 19.4 Å². The van der Waals surface area contributed by atoms with Crippen LogP contribution in [0.2, 0.25) is 0 Å². The molecule has 1 aromatic rings. The Kier molecular flexibility index (Phi) is 3.58.